The Balaban J connectivity index is 2.28. The van der Waals surface area contributed by atoms with E-state index in [0.717, 1.165) is 19.6 Å². The van der Waals surface area contributed by atoms with Crippen LogP contribution >= 0.6 is 0 Å². The number of carbonyl (C=O) groups is 1. The third kappa shape index (κ3) is 4.77. The molecule has 1 aliphatic heterocycles. The standard InChI is InChI=1S/C15H30N2O2/c1-4-15(5-2)8-11-17(12-9-15)10-7-13(16)14(18)19-6-3/h13H,4-12,16H2,1-3H3. The van der Waals surface area contributed by atoms with Gasteiger partial charge in [0.15, 0.2) is 0 Å². The number of ether oxygens (including phenoxy) is 1. The van der Waals surface area contributed by atoms with Crippen molar-refractivity contribution in [1.29, 1.82) is 0 Å². The molecule has 0 saturated carbocycles. The molecule has 0 aromatic rings. The van der Waals surface area contributed by atoms with Crippen molar-refractivity contribution >= 4 is 5.97 Å². The van der Waals surface area contributed by atoms with E-state index in [0.29, 0.717) is 18.4 Å². The van der Waals surface area contributed by atoms with E-state index in [9.17, 15) is 4.79 Å². The molecule has 112 valence electrons. The van der Waals surface area contributed by atoms with Gasteiger partial charge in [-0.1, -0.05) is 26.7 Å². The topological polar surface area (TPSA) is 55.6 Å². The maximum atomic E-state index is 11.4. The molecule has 1 saturated heterocycles. The van der Waals surface area contributed by atoms with Crippen LogP contribution in [-0.2, 0) is 9.53 Å². The number of likely N-dealkylation sites (tertiary alicyclic amines) is 1. The zero-order valence-corrected chi connectivity index (χ0v) is 12.8. The number of nitrogens with zero attached hydrogens (tertiary/aromatic N) is 1. The second kappa shape index (κ2) is 7.85. The van der Waals surface area contributed by atoms with Crippen LogP contribution in [-0.4, -0.2) is 43.2 Å². The minimum Gasteiger partial charge on any atom is -0.465 e. The number of hydrogen-bond acceptors (Lipinski definition) is 4. The molecule has 0 aromatic carbocycles. The van der Waals surface area contributed by atoms with Crippen LogP contribution in [0.4, 0.5) is 0 Å². The summed E-state index contributed by atoms with van der Waals surface area (Å²) < 4.78 is 4.93. The second-order valence-corrected chi connectivity index (χ2v) is 5.70. The summed E-state index contributed by atoms with van der Waals surface area (Å²) in [6, 6.07) is -0.469. The molecule has 1 rings (SSSR count). The molecule has 1 unspecified atom stereocenters. The predicted molar refractivity (Wildman–Crippen MR) is 77.9 cm³/mol. The van der Waals surface area contributed by atoms with Gasteiger partial charge in [0.25, 0.3) is 0 Å². The zero-order chi connectivity index (χ0) is 14.3. The lowest BCUT2D eigenvalue weighted by Gasteiger charge is -2.41. The van der Waals surface area contributed by atoms with Gasteiger partial charge in [0.1, 0.15) is 6.04 Å². The number of hydrogen-bond donors (Lipinski definition) is 1. The number of piperidine rings is 1. The molecule has 19 heavy (non-hydrogen) atoms. The summed E-state index contributed by atoms with van der Waals surface area (Å²) in [5.74, 6) is -0.268. The first-order valence-corrected chi connectivity index (χ1v) is 7.71. The van der Waals surface area contributed by atoms with Crippen molar-refractivity contribution in [2.75, 3.05) is 26.2 Å². The molecule has 0 radical (unpaired) electrons. The van der Waals surface area contributed by atoms with Gasteiger partial charge in [-0.15, -0.1) is 0 Å². The van der Waals surface area contributed by atoms with Crippen LogP contribution in [0.3, 0.4) is 0 Å². The summed E-state index contributed by atoms with van der Waals surface area (Å²) in [7, 11) is 0. The minimum atomic E-state index is -0.469. The van der Waals surface area contributed by atoms with Crippen LogP contribution in [0.25, 0.3) is 0 Å². The third-order valence-electron chi connectivity index (χ3n) is 4.76. The first kappa shape index (κ1) is 16.4. The van der Waals surface area contributed by atoms with Gasteiger partial charge in [0.2, 0.25) is 0 Å². The van der Waals surface area contributed by atoms with Gasteiger partial charge in [-0.3, -0.25) is 4.79 Å². The lowest BCUT2D eigenvalue weighted by Crippen LogP contribution is -2.42. The number of nitrogens with two attached hydrogens (primary N) is 1. The fraction of sp³-hybridized carbons (Fsp3) is 0.933. The molecule has 1 fully saturated rings. The lowest BCUT2D eigenvalue weighted by atomic mass is 9.74. The van der Waals surface area contributed by atoms with E-state index in [1.807, 2.05) is 6.92 Å². The summed E-state index contributed by atoms with van der Waals surface area (Å²) >= 11 is 0. The average molecular weight is 270 g/mol. The van der Waals surface area contributed by atoms with E-state index in [1.165, 1.54) is 25.7 Å². The Morgan fingerprint density at radius 2 is 1.84 bits per heavy atom. The van der Waals surface area contributed by atoms with Crippen LogP contribution in [0.2, 0.25) is 0 Å². The Bertz CT molecular complexity index is 267. The van der Waals surface area contributed by atoms with Gasteiger partial charge in [0, 0.05) is 6.54 Å². The van der Waals surface area contributed by atoms with Crippen LogP contribution < -0.4 is 5.73 Å². The van der Waals surface area contributed by atoms with Crippen LogP contribution in [0.15, 0.2) is 0 Å². The largest absolute Gasteiger partial charge is 0.465 e. The van der Waals surface area contributed by atoms with Gasteiger partial charge in [-0.25, -0.2) is 0 Å². The van der Waals surface area contributed by atoms with Crippen LogP contribution in [0.1, 0.15) is 52.9 Å². The molecular formula is C15H30N2O2. The highest BCUT2D eigenvalue weighted by Gasteiger charge is 2.31. The molecule has 4 heteroatoms. The van der Waals surface area contributed by atoms with Crippen LogP contribution in [0.5, 0.6) is 0 Å². The molecule has 4 nitrogen and oxygen atoms in total. The highest BCUT2D eigenvalue weighted by atomic mass is 16.5. The van der Waals surface area contributed by atoms with Gasteiger partial charge in [-0.2, -0.15) is 0 Å². The smallest absolute Gasteiger partial charge is 0.322 e. The molecule has 0 aromatic heterocycles. The van der Waals surface area contributed by atoms with E-state index in [1.54, 1.807) is 0 Å². The lowest BCUT2D eigenvalue weighted by molar-refractivity contribution is -0.144. The van der Waals surface area contributed by atoms with E-state index in [-0.39, 0.29) is 5.97 Å². The molecule has 1 heterocycles. The van der Waals surface area contributed by atoms with E-state index in [4.69, 9.17) is 10.5 Å². The summed E-state index contributed by atoms with van der Waals surface area (Å²) in [5.41, 5.74) is 6.38. The Labute approximate surface area is 117 Å². The van der Waals surface area contributed by atoms with Crippen molar-refractivity contribution in [3.8, 4) is 0 Å². The van der Waals surface area contributed by atoms with Gasteiger partial charge < -0.3 is 15.4 Å². The Morgan fingerprint density at radius 1 is 1.26 bits per heavy atom. The third-order valence-corrected chi connectivity index (χ3v) is 4.76. The normalized spacial score (nSPS) is 21.1. The number of esters is 1. The number of carbonyl (C=O) groups excluding carboxylic acids is 1. The van der Waals surface area contributed by atoms with Gasteiger partial charge in [0.05, 0.1) is 6.61 Å². The van der Waals surface area contributed by atoms with E-state index < -0.39 is 6.04 Å². The van der Waals surface area contributed by atoms with E-state index >= 15 is 0 Å². The maximum Gasteiger partial charge on any atom is 0.322 e. The fourth-order valence-corrected chi connectivity index (χ4v) is 2.90. The molecule has 2 N–H and O–H groups in total. The fourth-order valence-electron chi connectivity index (χ4n) is 2.90. The highest BCUT2D eigenvalue weighted by Crippen LogP contribution is 2.37. The highest BCUT2D eigenvalue weighted by molar-refractivity contribution is 5.75. The van der Waals surface area contributed by atoms with Gasteiger partial charge >= 0.3 is 5.97 Å². The van der Waals surface area contributed by atoms with Crippen LogP contribution in [0, 0.1) is 5.41 Å². The molecule has 0 aliphatic carbocycles. The van der Waals surface area contributed by atoms with Crippen molar-refractivity contribution < 1.29 is 9.53 Å². The predicted octanol–water partition coefficient (Wildman–Crippen LogP) is 2.17. The Hall–Kier alpha value is -0.610. The monoisotopic (exact) mass is 270 g/mol. The number of rotatable bonds is 7. The zero-order valence-electron chi connectivity index (χ0n) is 12.8. The maximum absolute atomic E-state index is 11.4. The molecular weight excluding hydrogens is 240 g/mol. The molecule has 1 atom stereocenters. The summed E-state index contributed by atoms with van der Waals surface area (Å²) in [6.45, 7) is 10.00. The van der Waals surface area contributed by atoms with Gasteiger partial charge in [-0.05, 0) is 44.7 Å². The second-order valence-electron chi connectivity index (χ2n) is 5.70. The first-order chi connectivity index (χ1) is 9.06. The van der Waals surface area contributed by atoms with Crippen molar-refractivity contribution in [2.45, 2.75) is 58.9 Å². The molecule has 1 aliphatic rings. The SMILES string of the molecule is CCOC(=O)C(N)CCN1CCC(CC)(CC)CC1. The summed E-state index contributed by atoms with van der Waals surface area (Å²) in [6.07, 6.45) is 5.80. The summed E-state index contributed by atoms with van der Waals surface area (Å²) in [4.78, 5) is 13.9. The quantitative estimate of drug-likeness (QED) is 0.720. The van der Waals surface area contributed by atoms with Crippen molar-refractivity contribution in [2.24, 2.45) is 11.1 Å². The molecule has 0 bridgehead atoms. The van der Waals surface area contributed by atoms with E-state index in [2.05, 4.69) is 18.7 Å². The van der Waals surface area contributed by atoms with Crippen molar-refractivity contribution in [3.05, 3.63) is 0 Å². The summed E-state index contributed by atoms with van der Waals surface area (Å²) in [5, 5.41) is 0. The average Bonchev–Trinajstić information content (AvgIpc) is 2.45. The first-order valence-electron chi connectivity index (χ1n) is 7.71. The van der Waals surface area contributed by atoms with Crippen molar-refractivity contribution in [3.63, 3.8) is 0 Å². The molecule has 0 amide bonds. The van der Waals surface area contributed by atoms with Crippen molar-refractivity contribution in [1.82, 2.24) is 4.90 Å². The molecule has 0 spiro atoms. The Morgan fingerprint density at radius 3 is 2.32 bits per heavy atom. The minimum absolute atomic E-state index is 0.268. The Kier molecular flexibility index (Phi) is 6.80.